The van der Waals surface area contributed by atoms with Crippen LogP contribution in [0.5, 0.6) is 5.75 Å². The Balaban J connectivity index is 1.85. The summed E-state index contributed by atoms with van der Waals surface area (Å²) in [5.74, 6) is -0.258. The molecule has 174 valence electrons. The summed E-state index contributed by atoms with van der Waals surface area (Å²) in [5.41, 5.74) is 1.04. The highest BCUT2D eigenvalue weighted by molar-refractivity contribution is 7.98. The predicted molar refractivity (Wildman–Crippen MR) is 129 cm³/mol. The molecule has 0 saturated carbocycles. The Labute approximate surface area is 197 Å². The van der Waals surface area contributed by atoms with Crippen LogP contribution in [0, 0.1) is 5.82 Å². The number of carbonyl (C=O) groups is 1. The maximum atomic E-state index is 13.5. The summed E-state index contributed by atoms with van der Waals surface area (Å²) in [6.07, 6.45) is 1.90. The minimum Gasteiger partial charge on any atom is -0.494 e. The number of sulfonamides is 1. The number of ether oxygens (including phenoxy) is 1. The van der Waals surface area contributed by atoms with E-state index in [-0.39, 0.29) is 17.3 Å². The van der Waals surface area contributed by atoms with Crippen LogP contribution in [0.3, 0.4) is 0 Å². The average molecular weight is 489 g/mol. The van der Waals surface area contributed by atoms with E-state index in [2.05, 4.69) is 5.32 Å². The molecule has 0 aliphatic rings. The Morgan fingerprint density at radius 2 is 1.64 bits per heavy atom. The molecule has 6 nitrogen and oxygen atoms in total. The predicted octanol–water partition coefficient (Wildman–Crippen LogP) is 4.46. The maximum Gasteiger partial charge on any atom is 0.264 e. The van der Waals surface area contributed by atoms with Gasteiger partial charge in [0.1, 0.15) is 18.1 Å². The van der Waals surface area contributed by atoms with Crippen LogP contribution in [0.2, 0.25) is 0 Å². The molecule has 0 bridgehead atoms. The minimum atomic E-state index is -4.02. The van der Waals surface area contributed by atoms with Gasteiger partial charge in [-0.1, -0.05) is 12.1 Å². The van der Waals surface area contributed by atoms with E-state index in [9.17, 15) is 17.6 Å². The van der Waals surface area contributed by atoms with Gasteiger partial charge in [0.25, 0.3) is 10.0 Å². The number of rotatable bonds is 10. The molecule has 3 aromatic carbocycles. The molecule has 3 rings (SSSR count). The van der Waals surface area contributed by atoms with Crippen molar-refractivity contribution in [1.29, 1.82) is 0 Å². The summed E-state index contributed by atoms with van der Waals surface area (Å²) >= 11 is 1.51. The van der Waals surface area contributed by atoms with Gasteiger partial charge in [0, 0.05) is 11.4 Å². The van der Waals surface area contributed by atoms with E-state index in [1.807, 2.05) is 13.2 Å². The molecule has 0 spiro atoms. The van der Waals surface area contributed by atoms with Gasteiger partial charge in [-0.2, -0.15) is 0 Å². The molecule has 0 unspecified atom stereocenters. The number of benzene rings is 3. The minimum absolute atomic E-state index is 0.0838. The van der Waals surface area contributed by atoms with E-state index in [1.54, 1.807) is 48.5 Å². The molecular weight excluding hydrogens is 463 g/mol. The number of carbonyl (C=O) groups excluding carboxylic acids is 1. The molecule has 33 heavy (non-hydrogen) atoms. The van der Waals surface area contributed by atoms with Gasteiger partial charge in [-0.3, -0.25) is 9.10 Å². The van der Waals surface area contributed by atoms with Crippen molar-refractivity contribution < 1.29 is 22.3 Å². The Kier molecular flexibility index (Phi) is 8.35. The number of nitrogens with zero attached hydrogens (tertiary/aromatic N) is 1. The van der Waals surface area contributed by atoms with Crippen LogP contribution in [0.25, 0.3) is 0 Å². The molecule has 0 atom stereocenters. The second-order valence-corrected chi connectivity index (χ2v) is 9.76. The van der Waals surface area contributed by atoms with E-state index in [0.717, 1.165) is 9.20 Å². The molecule has 0 radical (unpaired) electrons. The van der Waals surface area contributed by atoms with E-state index in [4.69, 9.17) is 4.74 Å². The largest absolute Gasteiger partial charge is 0.494 e. The lowest BCUT2D eigenvalue weighted by Crippen LogP contribution is -2.40. The van der Waals surface area contributed by atoms with Gasteiger partial charge in [0.15, 0.2) is 0 Å². The first-order chi connectivity index (χ1) is 15.8. The molecule has 9 heteroatoms. The lowest BCUT2D eigenvalue weighted by Gasteiger charge is -2.24. The fraction of sp³-hybridized carbons (Fsp3) is 0.208. The zero-order valence-electron chi connectivity index (χ0n) is 18.3. The van der Waals surface area contributed by atoms with Crippen LogP contribution in [-0.2, 0) is 21.4 Å². The Bertz CT molecular complexity index is 1170. The summed E-state index contributed by atoms with van der Waals surface area (Å²) < 4.78 is 46.5. The number of hydrogen-bond donors (Lipinski definition) is 1. The van der Waals surface area contributed by atoms with Gasteiger partial charge < -0.3 is 10.1 Å². The highest BCUT2D eigenvalue weighted by Crippen LogP contribution is 2.27. The van der Waals surface area contributed by atoms with Gasteiger partial charge in [0.2, 0.25) is 5.91 Å². The number of hydrogen-bond acceptors (Lipinski definition) is 5. The summed E-state index contributed by atoms with van der Waals surface area (Å²) in [7, 11) is -4.02. The maximum absolute atomic E-state index is 13.5. The second-order valence-electron chi connectivity index (χ2n) is 7.02. The van der Waals surface area contributed by atoms with Crippen molar-refractivity contribution in [3.8, 4) is 5.75 Å². The third kappa shape index (κ3) is 6.49. The first-order valence-electron chi connectivity index (χ1n) is 10.2. The van der Waals surface area contributed by atoms with E-state index in [1.165, 1.54) is 36.0 Å². The van der Waals surface area contributed by atoms with Gasteiger partial charge in [-0.05, 0) is 79.4 Å². The summed E-state index contributed by atoms with van der Waals surface area (Å²) in [4.78, 5) is 13.7. The molecule has 3 aromatic rings. The van der Waals surface area contributed by atoms with Crippen molar-refractivity contribution in [1.82, 2.24) is 5.32 Å². The van der Waals surface area contributed by atoms with Crippen LogP contribution in [0.15, 0.2) is 82.6 Å². The van der Waals surface area contributed by atoms with Crippen LogP contribution < -0.4 is 14.4 Å². The second kappa shape index (κ2) is 11.2. The zero-order chi connectivity index (χ0) is 23.8. The number of nitrogens with one attached hydrogen (secondary N) is 1. The van der Waals surface area contributed by atoms with Crippen molar-refractivity contribution in [2.24, 2.45) is 0 Å². The molecule has 0 fully saturated rings. The van der Waals surface area contributed by atoms with Gasteiger partial charge >= 0.3 is 0 Å². The molecule has 1 amide bonds. The standard InChI is InChI=1S/C24H25FN2O4S2/c1-3-31-21-10-8-20(9-11-21)27(33(29,30)23-14-12-22(32-2)13-15-23)17-24(28)26-16-18-4-6-19(25)7-5-18/h4-15H,3,16-17H2,1-2H3,(H,26,28). The summed E-state index contributed by atoms with van der Waals surface area (Å²) in [6, 6.07) is 18.8. The lowest BCUT2D eigenvalue weighted by molar-refractivity contribution is -0.119. The molecular formula is C24H25FN2O4S2. The first-order valence-corrected chi connectivity index (χ1v) is 12.9. The number of amides is 1. The van der Waals surface area contributed by atoms with Crippen LogP contribution >= 0.6 is 11.8 Å². The van der Waals surface area contributed by atoms with Crippen molar-refractivity contribution in [3.05, 3.63) is 84.2 Å². The summed E-state index contributed by atoms with van der Waals surface area (Å²) in [6.45, 7) is 2.07. The van der Waals surface area contributed by atoms with E-state index >= 15 is 0 Å². The Morgan fingerprint density at radius 1 is 1.00 bits per heavy atom. The third-order valence-electron chi connectivity index (χ3n) is 4.77. The Hall–Kier alpha value is -3.04. The van der Waals surface area contributed by atoms with Gasteiger partial charge in [-0.15, -0.1) is 11.8 Å². The van der Waals surface area contributed by atoms with Gasteiger partial charge in [-0.25, -0.2) is 12.8 Å². The summed E-state index contributed by atoms with van der Waals surface area (Å²) in [5, 5.41) is 2.70. The fourth-order valence-corrected chi connectivity index (χ4v) is 4.88. The molecule has 0 aliphatic carbocycles. The monoisotopic (exact) mass is 488 g/mol. The number of thioether (sulfide) groups is 1. The van der Waals surface area contributed by atoms with Crippen LogP contribution in [-0.4, -0.2) is 33.7 Å². The quantitative estimate of drug-likeness (QED) is 0.427. The molecule has 0 saturated heterocycles. The van der Waals surface area contributed by atoms with Crippen LogP contribution in [0.1, 0.15) is 12.5 Å². The van der Waals surface area contributed by atoms with Gasteiger partial charge in [0.05, 0.1) is 17.2 Å². The highest BCUT2D eigenvalue weighted by atomic mass is 32.2. The zero-order valence-corrected chi connectivity index (χ0v) is 20.0. The van der Waals surface area contributed by atoms with Crippen molar-refractivity contribution >= 4 is 33.4 Å². The normalized spacial score (nSPS) is 11.1. The average Bonchev–Trinajstić information content (AvgIpc) is 2.83. The lowest BCUT2D eigenvalue weighted by atomic mass is 10.2. The number of halogens is 1. The van der Waals surface area contributed by atoms with Crippen LogP contribution in [0.4, 0.5) is 10.1 Å². The SMILES string of the molecule is CCOc1ccc(N(CC(=O)NCc2ccc(F)cc2)S(=O)(=O)c2ccc(SC)cc2)cc1. The topological polar surface area (TPSA) is 75.7 Å². The molecule has 1 N–H and O–H groups in total. The van der Waals surface area contributed by atoms with E-state index < -0.39 is 22.5 Å². The fourth-order valence-electron chi connectivity index (χ4n) is 3.05. The molecule has 0 aromatic heterocycles. The molecule has 0 aliphatic heterocycles. The van der Waals surface area contributed by atoms with Crippen molar-refractivity contribution in [2.45, 2.75) is 23.3 Å². The van der Waals surface area contributed by atoms with Crippen molar-refractivity contribution in [2.75, 3.05) is 23.7 Å². The highest BCUT2D eigenvalue weighted by Gasteiger charge is 2.27. The van der Waals surface area contributed by atoms with Crippen molar-refractivity contribution in [3.63, 3.8) is 0 Å². The Morgan fingerprint density at radius 3 is 2.21 bits per heavy atom. The number of anilines is 1. The third-order valence-corrected chi connectivity index (χ3v) is 7.30. The smallest absolute Gasteiger partial charge is 0.264 e. The molecule has 0 heterocycles. The first kappa shape index (κ1) is 24.6. The van der Waals surface area contributed by atoms with E-state index in [0.29, 0.717) is 23.6 Å².